The molecule has 4 rings (SSSR count). The van der Waals surface area contributed by atoms with Gasteiger partial charge in [0.05, 0.1) is 5.69 Å². The third-order valence-corrected chi connectivity index (χ3v) is 5.83. The molecule has 31 heavy (non-hydrogen) atoms. The average molecular weight is 437 g/mol. The normalized spacial score (nSPS) is 14.5. The highest BCUT2D eigenvalue weighted by Gasteiger charge is 2.22. The summed E-state index contributed by atoms with van der Waals surface area (Å²) in [7, 11) is 0. The Morgan fingerprint density at radius 1 is 0.968 bits per heavy atom. The molecule has 0 saturated carbocycles. The van der Waals surface area contributed by atoms with Crippen LogP contribution in [0, 0.1) is 0 Å². The fourth-order valence-electron chi connectivity index (χ4n) is 3.81. The van der Waals surface area contributed by atoms with Gasteiger partial charge in [0.15, 0.2) is 5.15 Å². The molecular formula is C24H25ClN4O2. The first-order valence-electron chi connectivity index (χ1n) is 10.5. The molecule has 2 aromatic heterocycles. The van der Waals surface area contributed by atoms with Gasteiger partial charge in [-0.2, -0.15) is 0 Å². The lowest BCUT2D eigenvalue weighted by atomic mass is 10.1. The molecule has 1 aromatic carbocycles. The van der Waals surface area contributed by atoms with E-state index < -0.39 is 0 Å². The van der Waals surface area contributed by atoms with E-state index in [1.165, 1.54) is 11.6 Å². The number of fused-ring (bicyclic) bond motifs is 1. The Hall–Kier alpha value is -3.12. The molecule has 1 fully saturated rings. The Balaban J connectivity index is 1.26. The van der Waals surface area contributed by atoms with E-state index in [1.54, 1.807) is 11.0 Å². The molecule has 3 heterocycles. The van der Waals surface area contributed by atoms with Gasteiger partial charge in [-0.15, -0.1) is 0 Å². The molecule has 1 aliphatic rings. The molecular weight excluding hydrogens is 412 g/mol. The van der Waals surface area contributed by atoms with Crippen molar-refractivity contribution in [1.82, 2.24) is 19.2 Å². The first kappa shape index (κ1) is 21.1. The van der Waals surface area contributed by atoms with Crippen molar-refractivity contribution in [2.75, 3.05) is 26.2 Å². The Morgan fingerprint density at radius 3 is 2.45 bits per heavy atom. The van der Waals surface area contributed by atoms with Gasteiger partial charge < -0.3 is 9.80 Å². The maximum atomic E-state index is 12.6. The molecule has 0 unspecified atom stereocenters. The summed E-state index contributed by atoms with van der Waals surface area (Å²) in [6.07, 6.45) is 7.37. The van der Waals surface area contributed by atoms with E-state index in [2.05, 4.69) is 17.1 Å². The third kappa shape index (κ3) is 5.14. The van der Waals surface area contributed by atoms with Crippen LogP contribution in [0.4, 0.5) is 0 Å². The Kier molecular flexibility index (Phi) is 6.67. The summed E-state index contributed by atoms with van der Waals surface area (Å²) < 4.78 is 1.85. The van der Waals surface area contributed by atoms with Crippen LogP contribution in [0.5, 0.6) is 0 Å². The van der Waals surface area contributed by atoms with Gasteiger partial charge in [-0.1, -0.05) is 48.0 Å². The monoisotopic (exact) mass is 436 g/mol. The number of carbonyl (C=O) groups excluding carboxylic acids is 2. The van der Waals surface area contributed by atoms with E-state index in [-0.39, 0.29) is 11.8 Å². The molecule has 2 amide bonds. The maximum absolute atomic E-state index is 12.6. The molecule has 6 nitrogen and oxygen atoms in total. The summed E-state index contributed by atoms with van der Waals surface area (Å²) in [5.41, 5.74) is 2.67. The number of hydrogen-bond donors (Lipinski definition) is 0. The predicted molar refractivity (Wildman–Crippen MR) is 122 cm³/mol. The van der Waals surface area contributed by atoms with Crippen molar-refractivity contribution in [2.24, 2.45) is 0 Å². The minimum atomic E-state index is -0.0851. The number of halogens is 1. The van der Waals surface area contributed by atoms with Crippen molar-refractivity contribution < 1.29 is 9.59 Å². The van der Waals surface area contributed by atoms with Crippen LogP contribution < -0.4 is 0 Å². The summed E-state index contributed by atoms with van der Waals surface area (Å²) in [6.45, 7) is 2.21. The van der Waals surface area contributed by atoms with Crippen LogP contribution in [0.2, 0.25) is 5.15 Å². The van der Waals surface area contributed by atoms with Gasteiger partial charge in [-0.25, -0.2) is 4.98 Å². The number of piperazine rings is 1. The van der Waals surface area contributed by atoms with E-state index in [1.807, 2.05) is 51.9 Å². The maximum Gasteiger partial charge on any atom is 0.246 e. The number of carbonyl (C=O) groups is 2. The highest BCUT2D eigenvalue weighted by atomic mass is 35.5. The van der Waals surface area contributed by atoms with Crippen LogP contribution in [0.15, 0.2) is 60.8 Å². The van der Waals surface area contributed by atoms with Gasteiger partial charge in [0, 0.05) is 44.9 Å². The van der Waals surface area contributed by atoms with Crippen molar-refractivity contribution >= 4 is 35.1 Å². The largest absolute Gasteiger partial charge is 0.339 e. The number of amides is 2. The van der Waals surface area contributed by atoms with Crippen molar-refractivity contribution in [3.05, 3.63) is 77.2 Å². The van der Waals surface area contributed by atoms with Crippen LogP contribution in [0.1, 0.15) is 24.1 Å². The van der Waals surface area contributed by atoms with Gasteiger partial charge in [0.25, 0.3) is 0 Å². The molecule has 0 bridgehead atoms. The van der Waals surface area contributed by atoms with E-state index in [0.29, 0.717) is 43.4 Å². The number of rotatable bonds is 6. The zero-order chi connectivity index (χ0) is 21.6. The van der Waals surface area contributed by atoms with Gasteiger partial charge in [-0.3, -0.25) is 14.0 Å². The van der Waals surface area contributed by atoms with Crippen molar-refractivity contribution in [3.8, 4) is 0 Å². The summed E-state index contributed by atoms with van der Waals surface area (Å²) in [5.74, 6) is 0.0780. The minimum Gasteiger partial charge on any atom is -0.339 e. The zero-order valence-corrected chi connectivity index (χ0v) is 18.0. The highest BCUT2D eigenvalue weighted by molar-refractivity contribution is 6.31. The number of aryl methyl sites for hydroxylation is 1. The lowest BCUT2D eigenvalue weighted by Gasteiger charge is -2.34. The predicted octanol–water partition coefficient (Wildman–Crippen LogP) is 3.69. The summed E-state index contributed by atoms with van der Waals surface area (Å²) in [4.78, 5) is 33.0. The molecule has 0 atom stereocenters. The Bertz CT molecular complexity index is 1090. The molecule has 0 N–H and O–H groups in total. The van der Waals surface area contributed by atoms with E-state index in [0.717, 1.165) is 18.5 Å². The topological polar surface area (TPSA) is 57.9 Å². The quantitative estimate of drug-likeness (QED) is 0.554. The van der Waals surface area contributed by atoms with Crippen LogP contribution in [0.3, 0.4) is 0 Å². The number of hydrogen-bond acceptors (Lipinski definition) is 3. The van der Waals surface area contributed by atoms with Crippen molar-refractivity contribution in [3.63, 3.8) is 0 Å². The molecule has 1 saturated heterocycles. The van der Waals surface area contributed by atoms with Crippen LogP contribution in [-0.4, -0.2) is 57.2 Å². The summed E-state index contributed by atoms with van der Waals surface area (Å²) in [5, 5.41) is 0.362. The average Bonchev–Trinajstić information content (AvgIpc) is 3.13. The van der Waals surface area contributed by atoms with Crippen molar-refractivity contribution in [2.45, 2.75) is 19.3 Å². The number of pyridine rings is 1. The van der Waals surface area contributed by atoms with Crippen molar-refractivity contribution in [1.29, 1.82) is 0 Å². The standard InChI is InChI=1S/C24H25ClN4O2/c25-24-20(29-14-5-4-10-21(29)26-24)12-13-23(31)28-17-15-27(16-18-28)22(30)11-6-9-19-7-2-1-3-8-19/h1-5,7-8,10,12-14H,6,9,11,15-18H2/b13-12+. The van der Waals surface area contributed by atoms with Gasteiger partial charge in [-0.05, 0) is 36.6 Å². The second kappa shape index (κ2) is 9.79. The molecule has 3 aromatic rings. The van der Waals surface area contributed by atoms with Gasteiger partial charge in [0.2, 0.25) is 11.8 Å². The fourth-order valence-corrected chi connectivity index (χ4v) is 4.05. The molecule has 0 aliphatic carbocycles. The third-order valence-electron chi connectivity index (χ3n) is 5.55. The van der Waals surface area contributed by atoms with E-state index in [9.17, 15) is 9.59 Å². The highest BCUT2D eigenvalue weighted by Crippen LogP contribution is 2.19. The van der Waals surface area contributed by atoms with Crippen LogP contribution in [0.25, 0.3) is 11.7 Å². The van der Waals surface area contributed by atoms with Gasteiger partial charge >= 0.3 is 0 Å². The number of imidazole rings is 1. The first-order chi connectivity index (χ1) is 15.1. The minimum absolute atomic E-state index is 0.0851. The Labute approximate surface area is 186 Å². The van der Waals surface area contributed by atoms with Gasteiger partial charge in [0.1, 0.15) is 5.65 Å². The number of aromatic nitrogens is 2. The molecule has 1 aliphatic heterocycles. The van der Waals surface area contributed by atoms with E-state index >= 15 is 0 Å². The smallest absolute Gasteiger partial charge is 0.246 e. The van der Waals surface area contributed by atoms with E-state index in [4.69, 9.17) is 11.6 Å². The zero-order valence-electron chi connectivity index (χ0n) is 17.3. The second-order valence-corrected chi connectivity index (χ2v) is 7.95. The van der Waals surface area contributed by atoms with Crippen LogP contribution >= 0.6 is 11.6 Å². The fraction of sp³-hybridized carbons (Fsp3) is 0.292. The number of nitrogens with zero attached hydrogens (tertiary/aromatic N) is 4. The summed E-state index contributed by atoms with van der Waals surface area (Å²) >= 11 is 6.22. The summed E-state index contributed by atoms with van der Waals surface area (Å²) in [6, 6.07) is 15.8. The molecule has 7 heteroatoms. The van der Waals surface area contributed by atoms with Crippen LogP contribution in [-0.2, 0) is 16.0 Å². The molecule has 160 valence electrons. The molecule has 0 radical (unpaired) electrons. The SMILES string of the molecule is O=C(/C=C/c1c(Cl)nc2ccccn12)N1CCN(C(=O)CCCc2ccccc2)CC1. The lowest BCUT2D eigenvalue weighted by molar-refractivity contribution is -0.137. The second-order valence-electron chi connectivity index (χ2n) is 7.60. The molecule has 0 spiro atoms. The first-order valence-corrected chi connectivity index (χ1v) is 10.9. The lowest BCUT2D eigenvalue weighted by Crippen LogP contribution is -2.50. The number of benzene rings is 1. The Morgan fingerprint density at radius 2 is 1.68 bits per heavy atom.